The molecule has 0 saturated carbocycles. The Hall–Kier alpha value is -1.52. The van der Waals surface area contributed by atoms with E-state index in [1.807, 2.05) is 49.6 Å². The SMILES string of the molecule is CC(C)C(=O)Nc1ccc(NCc2cc(Cl)cs2)cc1. The fourth-order valence-corrected chi connectivity index (χ4v) is 2.61. The lowest BCUT2D eigenvalue weighted by molar-refractivity contribution is -0.118. The first-order valence-electron chi connectivity index (χ1n) is 6.42. The first-order valence-corrected chi connectivity index (χ1v) is 7.68. The van der Waals surface area contributed by atoms with Gasteiger partial charge in [0.1, 0.15) is 0 Å². The van der Waals surface area contributed by atoms with Crippen molar-refractivity contribution >= 4 is 40.2 Å². The molecule has 0 aliphatic carbocycles. The molecule has 0 saturated heterocycles. The van der Waals surface area contributed by atoms with Crippen molar-refractivity contribution in [2.45, 2.75) is 20.4 Å². The zero-order valence-corrected chi connectivity index (χ0v) is 13.0. The number of benzene rings is 1. The number of amides is 1. The van der Waals surface area contributed by atoms with Crippen molar-refractivity contribution in [1.29, 1.82) is 0 Å². The summed E-state index contributed by atoms with van der Waals surface area (Å²) in [5.74, 6) is 0.00955. The van der Waals surface area contributed by atoms with Gasteiger partial charge in [0.15, 0.2) is 0 Å². The number of halogens is 1. The number of thiophene rings is 1. The Bertz CT molecular complexity index is 578. The number of rotatable bonds is 5. The van der Waals surface area contributed by atoms with Crippen molar-refractivity contribution < 1.29 is 4.79 Å². The van der Waals surface area contributed by atoms with Crippen LogP contribution in [0.4, 0.5) is 11.4 Å². The summed E-state index contributed by atoms with van der Waals surface area (Å²) in [5, 5.41) is 8.88. The molecule has 0 aliphatic rings. The minimum atomic E-state index is -0.0172. The molecular formula is C15H17ClN2OS. The van der Waals surface area contributed by atoms with Gasteiger partial charge in [-0.3, -0.25) is 4.79 Å². The topological polar surface area (TPSA) is 41.1 Å². The van der Waals surface area contributed by atoms with Crippen LogP contribution in [-0.4, -0.2) is 5.91 Å². The third kappa shape index (κ3) is 4.25. The maximum atomic E-state index is 11.6. The Balaban J connectivity index is 1.89. The van der Waals surface area contributed by atoms with E-state index in [2.05, 4.69) is 10.6 Å². The lowest BCUT2D eigenvalue weighted by atomic mass is 10.2. The maximum absolute atomic E-state index is 11.6. The molecule has 1 heterocycles. The van der Waals surface area contributed by atoms with E-state index in [0.29, 0.717) is 0 Å². The van der Waals surface area contributed by atoms with Gasteiger partial charge < -0.3 is 10.6 Å². The Kier molecular flexibility index (Phi) is 5.04. The van der Waals surface area contributed by atoms with Crippen LogP contribution in [0.15, 0.2) is 35.7 Å². The zero-order chi connectivity index (χ0) is 14.5. The lowest BCUT2D eigenvalue weighted by Crippen LogP contribution is -2.17. The van der Waals surface area contributed by atoms with Gasteiger partial charge in [-0.1, -0.05) is 25.4 Å². The molecule has 0 atom stereocenters. The average molecular weight is 309 g/mol. The van der Waals surface area contributed by atoms with E-state index in [0.717, 1.165) is 22.9 Å². The van der Waals surface area contributed by atoms with Crippen LogP contribution >= 0.6 is 22.9 Å². The standard InChI is InChI=1S/C15H17ClN2OS/c1-10(2)15(19)18-13-5-3-12(4-6-13)17-8-14-7-11(16)9-20-14/h3-7,9-10,17H,8H2,1-2H3,(H,18,19). The quantitative estimate of drug-likeness (QED) is 0.847. The summed E-state index contributed by atoms with van der Waals surface area (Å²) in [6.45, 7) is 4.49. The molecule has 2 aromatic rings. The van der Waals surface area contributed by atoms with Crippen LogP contribution in [0.1, 0.15) is 18.7 Å². The van der Waals surface area contributed by atoms with Crippen LogP contribution in [0.25, 0.3) is 0 Å². The fourth-order valence-electron chi connectivity index (χ4n) is 1.59. The molecule has 0 spiro atoms. The largest absolute Gasteiger partial charge is 0.380 e. The molecule has 1 aromatic heterocycles. The van der Waals surface area contributed by atoms with Crippen molar-refractivity contribution in [3.05, 3.63) is 45.6 Å². The summed E-state index contributed by atoms with van der Waals surface area (Å²) in [6, 6.07) is 9.64. The third-order valence-electron chi connectivity index (χ3n) is 2.77. The molecule has 1 amide bonds. The number of hydrogen-bond acceptors (Lipinski definition) is 3. The maximum Gasteiger partial charge on any atom is 0.226 e. The third-order valence-corrected chi connectivity index (χ3v) is 4.05. The second kappa shape index (κ2) is 6.77. The molecular weight excluding hydrogens is 292 g/mol. The molecule has 5 heteroatoms. The fraction of sp³-hybridized carbons (Fsp3) is 0.267. The van der Waals surface area contributed by atoms with Gasteiger partial charge in [0.2, 0.25) is 5.91 Å². The smallest absolute Gasteiger partial charge is 0.226 e. The number of nitrogens with one attached hydrogen (secondary N) is 2. The van der Waals surface area contributed by atoms with Gasteiger partial charge in [-0.2, -0.15) is 0 Å². The summed E-state index contributed by atoms with van der Waals surface area (Å²) >= 11 is 7.51. The van der Waals surface area contributed by atoms with E-state index < -0.39 is 0 Å². The van der Waals surface area contributed by atoms with Crippen molar-refractivity contribution in [2.75, 3.05) is 10.6 Å². The van der Waals surface area contributed by atoms with Gasteiger partial charge in [0.25, 0.3) is 0 Å². The number of carbonyl (C=O) groups excluding carboxylic acids is 1. The van der Waals surface area contributed by atoms with Crippen molar-refractivity contribution in [2.24, 2.45) is 5.92 Å². The minimum Gasteiger partial charge on any atom is -0.380 e. The normalized spacial score (nSPS) is 10.6. The highest BCUT2D eigenvalue weighted by molar-refractivity contribution is 7.10. The van der Waals surface area contributed by atoms with Crippen LogP contribution in [0, 0.1) is 5.92 Å². The molecule has 0 radical (unpaired) electrons. The van der Waals surface area contributed by atoms with Gasteiger partial charge in [-0.05, 0) is 30.3 Å². The first kappa shape index (κ1) is 14.9. The Morgan fingerprint density at radius 3 is 2.45 bits per heavy atom. The highest BCUT2D eigenvalue weighted by Gasteiger charge is 2.06. The second-order valence-corrected chi connectivity index (χ2v) is 6.24. The zero-order valence-electron chi connectivity index (χ0n) is 11.4. The summed E-state index contributed by atoms with van der Waals surface area (Å²) in [4.78, 5) is 12.8. The molecule has 0 aliphatic heterocycles. The van der Waals surface area contributed by atoms with Gasteiger partial charge in [0.05, 0.1) is 5.02 Å². The van der Waals surface area contributed by atoms with E-state index >= 15 is 0 Å². The van der Waals surface area contributed by atoms with Crippen molar-refractivity contribution in [3.8, 4) is 0 Å². The first-order chi connectivity index (χ1) is 9.54. The predicted molar refractivity (Wildman–Crippen MR) is 86.6 cm³/mol. The van der Waals surface area contributed by atoms with Gasteiger partial charge in [-0.25, -0.2) is 0 Å². The molecule has 0 unspecified atom stereocenters. The summed E-state index contributed by atoms with van der Waals surface area (Å²) < 4.78 is 0. The van der Waals surface area contributed by atoms with E-state index in [1.54, 1.807) is 11.3 Å². The van der Waals surface area contributed by atoms with Gasteiger partial charge in [-0.15, -0.1) is 11.3 Å². The summed E-state index contributed by atoms with van der Waals surface area (Å²) in [5.41, 5.74) is 1.82. The predicted octanol–water partition coefficient (Wildman–Crippen LogP) is 4.61. The number of carbonyl (C=O) groups is 1. The molecule has 0 bridgehead atoms. The lowest BCUT2D eigenvalue weighted by Gasteiger charge is -2.09. The van der Waals surface area contributed by atoms with Crippen LogP contribution in [-0.2, 0) is 11.3 Å². The molecule has 20 heavy (non-hydrogen) atoms. The molecule has 0 fully saturated rings. The molecule has 3 nitrogen and oxygen atoms in total. The molecule has 2 rings (SSSR count). The van der Waals surface area contributed by atoms with Gasteiger partial charge >= 0.3 is 0 Å². The van der Waals surface area contributed by atoms with Crippen LogP contribution in [0.5, 0.6) is 0 Å². The van der Waals surface area contributed by atoms with Crippen molar-refractivity contribution in [3.63, 3.8) is 0 Å². The van der Waals surface area contributed by atoms with E-state index in [-0.39, 0.29) is 11.8 Å². The van der Waals surface area contributed by atoms with E-state index in [4.69, 9.17) is 11.6 Å². The minimum absolute atomic E-state index is 0.0172. The van der Waals surface area contributed by atoms with Crippen molar-refractivity contribution in [1.82, 2.24) is 0 Å². The van der Waals surface area contributed by atoms with E-state index in [1.165, 1.54) is 4.88 Å². The number of hydrogen-bond donors (Lipinski definition) is 2. The van der Waals surface area contributed by atoms with E-state index in [9.17, 15) is 4.79 Å². The van der Waals surface area contributed by atoms with Gasteiger partial charge in [0, 0.05) is 34.1 Å². The highest BCUT2D eigenvalue weighted by atomic mass is 35.5. The monoisotopic (exact) mass is 308 g/mol. The Labute approximate surface area is 128 Å². The second-order valence-electron chi connectivity index (χ2n) is 4.81. The highest BCUT2D eigenvalue weighted by Crippen LogP contribution is 2.21. The number of anilines is 2. The van der Waals surface area contributed by atoms with Crippen LogP contribution < -0.4 is 10.6 Å². The molecule has 1 aromatic carbocycles. The molecule has 106 valence electrons. The summed E-state index contributed by atoms with van der Waals surface area (Å²) in [7, 11) is 0. The average Bonchev–Trinajstić information content (AvgIpc) is 2.83. The van der Waals surface area contributed by atoms with Crippen LogP contribution in [0.3, 0.4) is 0 Å². The Morgan fingerprint density at radius 1 is 1.25 bits per heavy atom. The summed E-state index contributed by atoms with van der Waals surface area (Å²) in [6.07, 6.45) is 0. The van der Waals surface area contributed by atoms with Crippen LogP contribution in [0.2, 0.25) is 5.02 Å². The Morgan fingerprint density at radius 2 is 1.90 bits per heavy atom. The molecule has 2 N–H and O–H groups in total.